The molecule has 6 aliphatic heterocycles. The van der Waals surface area contributed by atoms with Gasteiger partial charge in [-0.2, -0.15) is 0 Å². The van der Waals surface area contributed by atoms with Gasteiger partial charge in [-0.15, -0.1) is 0 Å². The number of amidine groups is 2. The van der Waals surface area contributed by atoms with E-state index in [1.807, 2.05) is 53.5 Å². The van der Waals surface area contributed by atoms with Gasteiger partial charge in [0, 0.05) is 87.4 Å². The molecule has 0 spiro atoms. The maximum absolute atomic E-state index is 11.7. The van der Waals surface area contributed by atoms with Crippen LogP contribution in [0.2, 0.25) is 0 Å². The number of aliphatic hydroxyl groups is 1. The van der Waals surface area contributed by atoms with Crippen LogP contribution in [-0.2, 0) is 24.0 Å². The van der Waals surface area contributed by atoms with Gasteiger partial charge in [-0.25, -0.2) is 4.79 Å². The number of rotatable bonds is 12. The molecule has 15 heteroatoms. The predicted octanol–water partition coefficient (Wildman–Crippen LogP) is 13.5. The highest BCUT2D eigenvalue weighted by atomic mass is 16.7. The van der Waals surface area contributed by atoms with Crippen LogP contribution in [0.25, 0.3) is 0 Å². The van der Waals surface area contributed by atoms with Crippen molar-refractivity contribution in [3.05, 3.63) is 0 Å². The second-order valence-corrected chi connectivity index (χ2v) is 29.3. The molecule has 0 aromatic rings. The maximum Gasteiger partial charge on any atom is 0.410 e. The fourth-order valence-electron chi connectivity index (χ4n) is 10.4. The quantitative estimate of drug-likeness (QED) is 0.201. The Morgan fingerprint density at radius 3 is 1.28 bits per heavy atom. The zero-order valence-corrected chi connectivity index (χ0v) is 57.1. The van der Waals surface area contributed by atoms with Crippen molar-refractivity contribution in [2.45, 2.75) is 274 Å². The number of hydrogen-bond acceptors (Lipinski definition) is 12. The van der Waals surface area contributed by atoms with Crippen LogP contribution < -0.4 is 0 Å². The molecule has 0 saturated carbocycles. The van der Waals surface area contributed by atoms with Gasteiger partial charge in [0.05, 0.1) is 12.1 Å². The van der Waals surface area contributed by atoms with E-state index in [2.05, 4.69) is 198 Å². The molecule has 0 bridgehead atoms. The van der Waals surface area contributed by atoms with Crippen molar-refractivity contribution in [3.63, 3.8) is 0 Å². The fraction of sp³-hybridized carbons (Fsp3) is 0.922. The molecule has 4 saturated heterocycles. The minimum absolute atomic E-state index is 0.0708. The normalized spacial score (nSPS) is 30.1. The molecule has 6 heterocycles. The van der Waals surface area contributed by atoms with Gasteiger partial charge < -0.3 is 48.9 Å². The Kier molecular flexibility index (Phi) is 27.3. The van der Waals surface area contributed by atoms with E-state index in [0.29, 0.717) is 78.4 Å². The van der Waals surface area contributed by atoms with Crippen LogP contribution in [-0.4, -0.2) is 158 Å². The number of oxime groups is 2. The third-order valence-corrected chi connectivity index (χ3v) is 19.8. The molecule has 6 aliphatic rings. The standard InChI is InChI=1S/C11H22N2O.C11H21NO2.C11H21NO.C11H23N.C10H20N2O.C10H19NO2/c1-8(2)10-12-14-7-11(5,9(3)4)13(10)6;1-7(2)11(5)6-9(13)12(8(3)4)10(11)14;1-8(2)11(5)6-10(13)12(7-11)9(3)4;1-9(2)11(5)6-7-12(8-11)10(3)4;1-7(2)9-11-13-10(5,8(3)4)12(9)6;1-7(2)10(5)6-11(8(3)4)9(12)13-10/h8-9H,7H2,1-6H3;7-8,10,14H,6H2,1-5H3;8-9H,6-7H2,1-5H3;9-10H,6-8H2,1-5H3;7-8H,1-6H3;7-8H,6H2,1-5H3. The van der Waals surface area contributed by atoms with Crippen molar-refractivity contribution in [2.24, 2.45) is 73.9 Å². The van der Waals surface area contributed by atoms with Gasteiger partial charge in [0.25, 0.3) is 0 Å². The lowest BCUT2D eigenvalue weighted by atomic mass is 9.77. The monoisotopic (exact) mass is 1120 g/mol. The number of carbonyl (C=O) groups excluding carboxylic acids is 3. The van der Waals surface area contributed by atoms with Gasteiger partial charge in [0.15, 0.2) is 0 Å². The Labute approximate surface area is 486 Å². The van der Waals surface area contributed by atoms with Crippen molar-refractivity contribution in [2.75, 3.05) is 46.9 Å². The molecule has 15 nitrogen and oxygen atoms in total. The first kappa shape index (κ1) is 73.7. The van der Waals surface area contributed by atoms with E-state index >= 15 is 0 Å². The Hall–Kier alpha value is -3.33. The number of likely N-dealkylation sites (tertiary alicyclic amines) is 3. The molecule has 0 aliphatic carbocycles. The third-order valence-electron chi connectivity index (χ3n) is 19.8. The van der Waals surface area contributed by atoms with E-state index in [1.54, 1.807) is 9.80 Å². The number of aliphatic hydroxyl groups excluding tert-OH is 1. The van der Waals surface area contributed by atoms with Gasteiger partial charge in [-0.05, 0) is 130 Å². The molecule has 464 valence electrons. The smallest absolute Gasteiger partial charge is 0.410 e. The van der Waals surface area contributed by atoms with Crippen LogP contribution in [0.5, 0.6) is 0 Å². The number of amides is 3. The van der Waals surface area contributed by atoms with Gasteiger partial charge >= 0.3 is 6.09 Å². The molecule has 0 aromatic carbocycles. The van der Waals surface area contributed by atoms with Gasteiger partial charge in [0.1, 0.15) is 30.1 Å². The molecule has 1 N–H and O–H groups in total. The first-order valence-electron chi connectivity index (χ1n) is 30.7. The number of carbonyl (C=O) groups is 3. The molecule has 7 atom stereocenters. The molecule has 0 aromatic heterocycles. The Bertz CT molecular complexity index is 1930. The van der Waals surface area contributed by atoms with Crippen LogP contribution in [0.15, 0.2) is 10.3 Å². The molecular weight excluding hydrogens is 993 g/mol. The maximum atomic E-state index is 11.7. The van der Waals surface area contributed by atoms with Gasteiger partial charge in [-0.3, -0.25) is 9.59 Å². The van der Waals surface area contributed by atoms with Gasteiger partial charge in [0.2, 0.25) is 17.5 Å². The van der Waals surface area contributed by atoms with Crippen LogP contribution in [0.1, 0.15) is 227 Å². The Morgan fingerprint density at radius 1 is 0.519 bits per heavy atom. The summed E-state index contributed by atoms with van der Waals surface area (Å²) in [7, 11) is 4.16. The minimum atomic E-state index is -0.630. The Morgan fingerprint density at radius 2 is 1.01 bits per heavy atom. The number of likely N-dealkylation sites (N-methyl/N-ethyl adjacent to an activating group) is 1. The predicted molar refractivity (Wildman–Crippen MR) is 329 cm³/mol. The summed E-state index contributed by atoms with van der Waals surface area (Å²) in [5.41, 5.74) is -0.0186. The van der Waals surface area contributed by atoms with E-state index < -0.39 is 6.23 Å². The average molecular weight is 1120 g/mol. The van der Waals surface area contributed by atoms with Crippen molar-refractivity contribution in [3.8, 4) is 0 Å². The second-order valence-electron chi connectivity index (χ2n) is 29.3. The second kappa shape index (κ2) is 29.3. The summed E-state index contributed by atoms with van der Waals surface area (Å²) in [6.07, 6.45) is 1.76. The van der Waals surface area contributed by atoms with E-state index in [0.717, 1.165) is 36.6 Å². The van der Waals surface area contributed by atoms with Crippen LogP contribution in [0.3, 0.4) is 0 Å². The Balaban J connectivity index is 0.000000474. The molecule has 6 rings (SSSR count). The summed E-state index contributed by atoms with van der Waals surface area (Å²) in [6.45, 7) is 69.2. The highest BCUT2D eigenvalue weighted by Crippen LogP contribution is 2.44. The summed E-state index contributed by atoms with van der Waals surface area (Å²) in [5, 5.41) is 18.4. The van der Waals surface area contributed by atoms with Crippen molar-refractivity contribution < 1.29 is 33.9 Å². The first-order valence-corrected chi connectivity index (χ1v) is 30.7. The SMILES string of the molecule is CC(C)C1=NOC(C)(C(C)C)N1C.CC(C)C1=NOCC(C)(C(C)C)N1C.CC(C)N1C(=O)CC(C)(C(C)C)C1O.CC(C)N1CC(C)(C(C)C)CC1=O.CC(C)N1CC(C)(C(C)C)OC1=O.CC(C)N1CCC(C)(C(C)C)C1. The highest BCUT2D eigenvalue weighted by Gasteiger charge is 2.51. The van der Waals surface area contributed by atoms with Crippen LogP contribution in [0, 0.1) is 63.6 Å². The van der Waals surface area contributed by atoms with E-state index in [1.165, 1.54) is 19.5 Å². The zero-order valence-electron chi connectivity index (χ0n) is 57.1. The summed E-state index contributed by atoms with van der Waals surface area (Å²) < 4.78 is 5.37. The number of cyclic esters (lactones) is 1. The molecule has 4 fully saturated rings. The number of ether oxygens (including phenoxy) is 1. The first-order chi connectivity index (χ1) is 35.8. The highest BCUT2D eigenvalue weighted by molar-refractivity contribution is 5.85. The lowest BCUT2D eigenvalue weighted by Gasteiger charge is -2.46. The third kappa shape index (κ3) is 18.1. The average Bonchev–Trinajstić information content (AvgIpc) is 4.11. The van der Waals surface area contributed by atoms with Crippen LogP contribution in [0.4, 0.5) is 4.79 Å². The number of nitrogens with zero attached hydrogens (tertiary/aromatic N) is 8. The lowest BCUT2D eigenvalue weighted by molar-refractivity contribution is -0.137. The summed E-state index contributed by atoms with van der Waals surface area (Å²) >= 11 is 0. The van der Waals surface area contributed by atoms with Crippen molar-refractivity contribution in [1.29, 1.82) is 0 Å². The minimum Gasteiger partial charge on any atom is -0.441 e. The summed E-state index contributed by atoms with van der Waals surface area (Å²) in [4.78, 5) is 58.0. The fourth-order valence-corrected chi connectivity index (χ4v) is 10.4. The van der Waals surface area contributed by atoms with E-state index in [9.17, 15) is 19.5 Å². The lowest BCUT2D eigenvalue weighted by Crippen LogP contribution is -2.57. The van der Waals surface area contributed by atoms with Gasteiger partial charge in [-0.1, -0.05) is 142 Å². The zero-order chi connectivity index (χ0) is 62.0. The summed E-state index contributed by atoms with van der Waals surface area (Å²) in [5.74, 6) is 6.38. The largest absolute Gasteiger partial charge is 0.441 e. The van der Waals surface area contributed by atoms with E-state index in [-0.39, 0.29) is 51.8 Å². The van der Waals surface area contributed by atoms with Crippen molar-refractivity contribution in [1.82, 2.24) is 29.4 Å². The molecular formula is C64H126N8O7. The molecule has 3 amide bonds. The molecule has 0 radical (unpaired) electrons. The molecule has 7 unspecified atom stereocenters. The summed E-state index contributed by atoms with van der Waals surface area (Å²) in [6, 6.07) is 1.39. The van der Waals surface area contributed by atoms with Crippen LogP contribution >= 0.6 is 0 Å². The van der Waals surface area contributed by atoms with E-state index in [4.69, 9.17) is 14.4 Å². The topological polar surface area (TPSA) is 143 Å². The molecule has 79 heavy (non-hydrogen) atoms. The van der Waals surface area contributed by atoms with Crippen molar-refractivity contribution >= 4 is 29.6 Å². The number of hydrogen-bond donors (Lipinski definition) is 1.